The molecule has 0 saturated heterocycles. The third-order valence-electron chi connectivity index (χ3n) is 6.89. The molecule has 1 aliphatic carbocycles. The number of carbonyl (C=O) groups is 2. The summed E-state index contributed by atoms with van der Waals surface area (Å²) in [6.45, 7) is 0. The quantitative estimate of drug-likeness (QED) is 0.263. The van der Waals surface area contributed by atoms with Crippen LogP contribution in [0.25, 0.3) is 10.9 Å². The van der Waals surface area contributed by atoms with Crippen LogP contribution in [-0.4, -0.2) is 48.2 Å². The van der Waals surface area contributed by atoms with Crippen molar-refractivity contribution < 1.29 is 28.2 Å². The Morgan fingerprint density at radius 1 is 0.854 bits per heavy atom. The van der Waals surface area contributed by atoms with Gasteiger partial charge in [-0.3, -0.25) is 4.79 Å². The molecule has 3 amide bonds. The van der Waals surface area contributed by atoms with Crippen LogP contribution < -0.4 is 30.2 Å². The number of nitrogens with one attached hydrogen (secondary N) is 3. The smallest absolute Gasteiger partial charge is 0.319 e. The van der Waals surface area contributed by atoms with Crippen LogP contribution in [0.1, 0.15) is 36.0 Å². The summed E-state index contributed by atoms with van der Waals surface area (Å²) in [7, 11) is 3.10. The molecule has 1 aromatic heterocycles. The average Bonchev–Trinajstić information content (AvgIpc) is 2.97. The van der Waals surface area contributed by atoms with E-state index >= 15 is 0 Å². The van der Waals surface area contributed by atoms with Crippen LogP contribution in [0.5, 0.6) is 23.1 Å². The second-order valence-electron chi connectivity index (χ2n) is 9.66. The highest BCUT2D eigenvalue weighted by Crippen LogP contribution is 2.36. The normalized spacial score (nSPS) is 16.5. The van der Waals surface area contributed by atoms with Crippen molar-refractivity contribution >= 4 is 28.5 Å². The first-order valence-corrected chi connectivity index (χ1v) is 13.2. The van der Waals surface area contributed by atoms with Gasteiger partial charge in [0.2, 0.25) is 5.88 Å². The Hall–Kier alpha value is -4.93. The number of hydrogen-bond acceptors (Lipinski definition) is 7. The van der Waals surface area contributed by atoms with E-state index in [1.54, 1.807) is 56.7 Å². The van der Waals surface area contributed by atoms with Gasteiger partial charge >= 0.3 is 6.03 Å². The van der Waals surface area contributed by atoms with E-state index in [1.165, 1.54) is 24.5 Å². The minimum absolute atomic E-state index is 0.0281. The maximum Gasteiger partial charge on any atom is 0.319 e. The van der Waals surface area contributed by atoms with E-state index in [4.69, 9.17) is 14.2 Å². The van der Waals surface area contributed by atoms with E-state index < -0.39 is 5.82 Å². The number of hydrogen-bond donors (Lipinski definition) is 3. The standard InChI is InChI=1S/C30H30FN5O5/c1-39-26-15-24-25(16-27(26)40-2)32-17-33-29(24)41-23-8-4-7-22(14-23)36-30(38)35-21-11-9-20(10-12-21)34-28(37)18-5-3-6-19(31)13-18/h3-8,13-17,20-21H,9-12H2,1-2H3,(H,34,37)(H2,35,36,38). The van der Waals surface area contributed by atoms with Gasteiger partial charge in [0.25, 0.3) is 5.91 Å². The van der Waals surface area contributed by atoms with Gasteiger partial charge in [0, 0.05) is 35.5 Å². The van der Waals surface area contributed by atoms with E-state index in [2.05, 4.69) is 25.9 Å². The lowest BCUT2D eigenvalue weighted by Crippen LogP contribution is -2.44. The van der Waals surface area contributed by atoms with E-state index in [1.807, 2.05) is 0 Å². The second-order valence-corrected chi connectivity index (χ2v) is 9.66. The van der Waals surface area contributed by atoms with Crippen LogP contribution in [0, 0.1) is 5.82 Å². The van der Waals surface area contributed by atoms with Gasteiger partial charge in [-0.15, -0.1) is 0 Å². The Bertz CT molecular complexity index is 1560. The van der Waals surface area contributed by atoms with Crippen LogP contribution in [-0.2, 0) is 0 Å². The number of halogens is 1. The van der Waals surface area contributed by atoms with Crippen LogP contribution in [0.2, 0.25) is 0 Å². The molecule has 10 nitrogen and oxygen atoms in total. The molecule has 1 aliphatic rings. The van der Waals surface area contributed by atoms with Gasteiger partial charge in [0.1, 0.15) is 17.9 Å². The number of rotatable bonds is 8. The van der Waals surface area contributed by atoms with Gasteiger partial charge in [0.05, 0.1) is 25.1 Å². The van der Waals surface area contributed by atoms with Gasteiger partial charge in [-0.25, -0.2) is 19.2 Å². The van der Waals surface area contributed by atoms with E-state index in [9.17, 15) is 14.0 Å². The number of amides is 3. The molecule has 3 aromatic carbocycles. The molecule has 0 aliphatic heterocycles. The minimum atomic E-state index is -0.446. The van der Waals surface area contributed by atoms with Crippen LogP contribution in [0.15, 0.2) is 67.0 Å². The topological polar surface area (TPSA) is 124 Å². The Labute approximate surface area is 236 Å². The maximum absolute atomic E-state index is 13.4. The zero-order chi connectivity index (χ0) is 28.8. The Morgan fingerprint density at radius 2 is 1.56 bits per heavy atom. The summed E-state index contributed by atoms with van der Waals surface area (Å²) in [5, 5.41) is 9.45. The van der Waals surface area contributed by atoms with Crippen LogP contribution in [0.4, 0.5) is 14.9 Å². The molecule has 0 radical (unpaired) electrons. The molecule has 5 rings (SSSR count). The van der Waals surface area contributed by atoms with Crippen molar-refractivity contribution in [2.45, 2.75) is 37.8 Å². The molecule has 41 heavy (non-hydrogen) atoms. The molecule has 11 heteroatoms. The molecular formula is C30H30FN5O5. The highest BCUT2D eigenvalue weighted by molar-refractivity contribution is 5.94. The Kier molecular flexibility index (Phi) is 8.42. The maximum atomic E-state index is 13.4. The summed E-state index contributed by atoms with van der Waals surface area (Å²) in [4.78, 5) is 33.7. The summed E-state index contributed by atoms with van der Waals surface area (Å²) in [6.07, 6.45) is 4.23. The molecule has 4 aromatic rings. The number of nitrogens with zero attached hydrogens (tertiary/aromatic N) is 2. The number of ether oxygens (including phenoxy) is 3. The third-order valence-corrected chi connectivity index (χ3v) is 6.89. The lowest BCUT2D eigenvalue weighted by Gasteiger charge is -2.29. The number of carbonyl (C=O) groups excluding carboxylic acids is 2. The van der Waals surface area contributed by atoms with Gasteiger partial charge in [-0.1, -0.05) is 12.1 Å². The molecule has 1 saturated carbocycles. The summed E-state index contributed by atoms with van der Waals surface area (Å²) in [6, 6.07) is 15.7. The van der Waals surface area contributed by atoms with Gasteiger partial charge < -0.3 is 30.2 Å². The van der Waals surface area contributed by atoms with E-state index in [-0.39, 0.29) is 24.0 Å². The van der Waals surface area contributed by atoms with E-state index in [0.717, 1.165) is 0 Å². The van der Waals surface area contributed by atoms with Crippen molar-refractivity contribution in [1.29, 1.82) is 0 Å². The predicted molar refractivity (Wildman–Crippen MR) is 151 cm³/mol. The van der Waals surface area contributed by atoms with Gasteiger partial charge in [-0.2, -0.15) is 0 Å². The summed E-state index contributed by atoms with van der Waals surface area (Å²) in [5.74, 6) is 1.14. The number of aromatic nitrogens is 2. The van der Waals surface area contributed by atoms with Crippen molar-refractivity contribution in [2.24, 2.45) is 0 Å². The van der Waals surface area contributed by atoms with Crippen molar-refractivity contribution in [2.75, 3.05) is 19.5 Å². The van der Waals surface area contributed by atoms with Crippen molar-refractivity contribution in [3.63, 3.8) is 0 Å². The molecule has 3 N–H and O–H groups in total. The van der Waals surface area contributed by atoms with Crippen LogP contribution >= 0.6 is 0 Å². The number of fused-ring (bicyclic) bond motifs is 1. The second kappa shape index (κ2) is 12.5. The molecule has 0 atom stereocenters. The number of anilines is 1. The number of urea groups is 1. The fourth-order valence-electron chi connectivity index (χ4n) is 4.82. The van der Waals surface area contributed by atoms with Gasteiger partial charge in [-0.05, 0) is 62.1 Å². The predicted octanol–water partition coefficient (Wildman–Crippen LogP) is 5.44. The van der Waals surface area contributed by atoms with Gasteiger partial charge in [0.15, 0.2) is 11.5 Å². The van der Waals surface area contributed by atoms with Crippen molar-refractivity contribution in [3.8, 4) is 23.1 Å². The fourth-order valence-corrected chi connectivity index (χ4v) is 4.82. The molecule has 212 valence electrons. The first-order valence-electron chi connectivity index (χ1n) is 13.2. The molecule has 0 unspecified atom stereocenters. The minimum Gasteiger partial charge on any atom is -0.493 e. The van der Waals surface area contributed by atoms with E-state index in [0.29, 0.717) is 71.0 Å². The third kappa shape index (κ3) is 6.81. The number of methoxy groups -OCH3 is 2. The first kappa shape index (κ1) is 27.6. The average molecular weight is 560 g/mol. The molecule has 1 fully saturated rings. The number of benzene rings is 3. The summed E-state index contributed by atoms with van der Waals surface area (Å²) >= 11 is 0. The highest BCUT2D eigenvalue weighted by Gasteiger charge is 2.24. The Balaban J connectivity index is 1.15. The highest BCUT2D eigenvalue weighted by atomic mass is 19.1. The lowest BCUT2D eigenvalue weighted by molar-refractivity contribution is 0.0924. The lowest BCUT2D eigenvalue weighted by atomic mass is 9.91. The SMILES string of the molecule is COc1cc2ncnc(Oc3cccc(NC(=O)NC4CCC(NC(=O)c5cccc(F)c5)CC4)c3)c2cc1OC. The molecule has 1 heterocycles. The fraction of sp³-hybridized carbons (Fsp3) is 0.267. The van der Waals surface area contributed by atoms with Crippen molar-refractivity contribution in [3.05, 3.63) is 78.4 Å². The van der Waals surface area contributed by atoms with Crippen molar-refractivity contribution in [1.82, 2.24) is 20.6 Å². The molecular weight excluding hydrogens is 529 g/mol. The first-order chi connectivity index (χ1) is 19.9. The zero-order valence-corrected chi connectivity index (χ0v) is 22.6. The summed E-state index contributed by atoms with van der Waals surface area (Å²) < 4.78 is 30.2. The van der Waals surface area contributed by atoms with Crippen LogP contribution in [0.3, 0.4) is 0 Å². The zero-order valence-electron chi connectivity index (χ0n) is 22.6. The Morgan fingerprint density at radius 3 is 2.29 bits per heavy atom. The summed E-state index contributed by atoms with van der Waals surface area (Å²) in [5.41, 5.74) is 1.47. The monoisotopic (exact) mass is 559 g/mol. The molecule has 0 bridgehead atoms. The molecule has 0 spiro atoms. The largest absolute Gasteiger partial charge is 0.493 e.